The van der Waals surface area contributed by atoms with Crippen LogP contribution in [-0.4, -0.2) is 62.4 Å². The molecular formula is C30H40N6O3. The van der Waals surface area contributed by atoms with Gasteiger partial charge in [-0.2, -0.15) is 5.10 Å². The third-order valence-electron chi connectivity index (χ3n) is 7.70. The zero-order valence-electron chi connectivity index (χ0n) is 23.5. The van der Waals surface area contributed by atoms with E-state index in [4.69, 9.17) is 4.74 Å². The van der Waals surface area contributed by atoms with Gasteiger partial charge < -0.3 is 25.5 Å². The minimum Gasteiger partial charge on any atom is -0.493 e. The molecule has 0 radical (unpaired) electrons. The number of hydrogen-bond acceptors (Lipinski definition) is 6. The molecule has 0 spiro atoms. The Balaban J connectivity index is 1.32. The normalized spacial score (nSPS) is 18.2. The highest BCUT2D eigenvalue weighted by molar-refractivity contribution is 5.92. The second-order valence-electron chi connectivity index (χ2n) is 11.7. The van der Waals surface area contributed by atoms with Crippen LogP contribution in [0, 0.1) is 0 Å². The van der Waals surface area contributed by atoms with Crippen LogP contribution in [-0.2, 0) is 4.79 Å². The van der Waals surface area contributed by atoms with Crippen LogP contribution >= 0.6 is 0 Å². The number of aliphatic hydroxyl groups is 1. The molecule has 9 nitrogen and oxygen atoms in total. The number of fused-ring (bicyclic) bond motifs is 2. The fourth-order valence-corrected chi connectivity index (χ4v) is 5.83. The van der Waals surface area contributed by atoms with E-state index >= 15 is 0 Å². The fourth-order valence-electron chi connectivity index (χ4n) is 5.83. The number of pyridine rings is 1. The summed E-state index contributed by atoms with van der Waals surface area (Å²) in [5, 5.41) is 21.6. The first-order valence-electron chi connectivity index (χ1n) is 13.9. The van der Waals surface area contributed by atoms with Crippen LogP contribution in [0.4, 0.5) is 0 Å². The molecule has 3 aromatic heterocycles. The third-order valence-corrected chi connectivity index (χ3v) is 7.70. The Labute approximate surface area is 229 Å². The van der Waals surface area contributed by atoms with E-state index in [-0.39, 0.29) is 18.5 Å². The Morgan fingerprint density at radius 3 is 2.69 bits per heavy atom. The van der Waals surface area contributed by atoms with Crippen LogP contribution in [0.15, 0.2) is 36.8 Å². The van der Waals surface area contributed by atoms with Gasteiger partial charge in [0, 0.05) is 35.2 Å². The summed E-state index contributed by atoms with van der Waals surface area (Å²) in [6.07, 6.45) is 7.56. The number of nitrogens with one attached hydrogen (secondary N) is 3. The van der Waals surface area contributed by atoms with Gasteiger partial charge in [-0.3, -0.25) is 4.79 Å². The Morgan fingerprint density at radius 1 is 1.23 bits per heavy atom. The van der Waals surface area contributed by atoms with Crippen molar-refractivity contribution in [2.75, 3.05) is 20.2 Å². The average Bonchev–Trinajstić information content (AvgIpc) is 3.52. The first-order valence-corrected chi connectivity index (χ1v) is 13.9. The number of nitrogens with zero attached hydrogens (tertiary/aromatic N) is 3. The Bertz CT molecular complexity index is 1460. The lowest BCUT2D eigenvalue weighted by Crippen LogP contribution is -2.44. The van der Waals surface area contributed by atoms with Crippen molar-refractivity contribution in [2.45, 2.75) is 76.9 Å². The van der Waals surface area contributed by atoms with Crippen LogP contribution < -0.4 is 15.4 Å². The molecule has 0 saturated heterocycles. The van der Waals surface area contributed by atoms with Crippen molar-refractivity contribution >= 4 is 22.5 Å². The SMILES string of the molecule is COc1cc(-c2[nH]c3ccc(C4CCC(NC(=O)CNCC(C)(C)O)CC4)cc3c2C(C)C)cn2ncnc12. The molecular weight excluding hydrogens is 492 g/mol. The molecule has 1 aliphatic rings. The maximum absolute atomic E-state index is 12.3. The van der Waals surface area contributed by atoms with Crippen LogP contribution in [0.5, 0.6) is 5.75 Å². The van der Waals surface area contributed by atoms with E-state index in [1.165, 1.54) is 22.8 Å². The van der Waals surface area contributed by atoms with Gasteiger partial charge in [-0.05, 0) is 80.7 Å². The summed E-state index contributed by atoms with van der Waals surface area (Å²) in [4.78, 5) is 20.3. The number of carbonyl (C=O) groups is 1. The standard InChI is InChI=1S/C30H40N6O3/c1-18(2)27-23-12-20(19-6-9-22(10-7-19)34-26(37)14-31-16-30(3,4)38)8-11-24(23)35-28(27)21-13-25(39-5)29-32-17-33-36(29)15-21/h8,11-13,15,17-19,22,31,35,38H,6-7,9-10,14,16H2,1-5H3,(H,34,37). The predicted octanol–water partition coefficient (Wildman–Crippen LogP) is 4.51. The van der Waals surface area contributed by atoms with Gasteiger partial charge in [-0.15, -0.1) is 0 Å². The lowest BCUT2D eigenvalue weighted by Gasteiger charge is -2.29. The van der Waals surface area contributed by atoms with E-state index in [1.54, 1.807) is 25.5 Å². The lowest BCUT2D eigenvalue weighted by atomic mass is 9.81. The molecule has 1 aliphatic carbocycles. The molecule has 0 aliphatic heterocycles. The van der Waals surface area contributed by atoms with E-state index in [2.05, 4.69) is 57.7 Å². The van der Waals surface area contributed by atoms with E-state index in [0.717, 1.165) is 42.5 Å². The van der Waals surface area contributed by atoms with Gasteiger partial charge >= 0.3 is 0 Å². The highest BCUT2D eigenvalue weighted by Crippen LogP contribution is 2.40. The van der Waals surface area contributed by atoms with Gasteiger partial charge in [0.1, 0.15) is 6.33 Å². The fraction of sp³-hybridized carbons (Fsp3) is 0.500. The molecule has 4 N–H and O–H groups in total. The van der Waals surface area contributed by atoms with Crippen molar-refractivity contribution in [1.29, 1.82) is 0 Å². The maximum Gasteiger partial charge on any atom is 0.234 e. The number of aromatic amines is 1. The molecule has 0 bridgehead atoms. The van der Waals surface area contributed by atoms with Gasteiger partial charge in [0.2, 0.25) is 5.91 Å². The second kappa shape index (κ2) is 11.0. The summed E-state index contributed by atoms with van der Waals surface area (Å²) in [5.41, 5.74) is 5.73. The molecule has 1 aromatic carbocycles. The van der Waals surface area contributed by atoms with Crippen LogP contribution in [0.25, 0.3) is 27.8 Å². The van der Waals surface area contributed by atoms with Gasteiger partial charge in [-0.25, -0.2) is 9.50 Å². The smallest absolute Gasteiger partial charge is 0.234 e. The van der Waals surface area contributed by atoms with Crippen molar-refractivity contribution in [2.24, 2.45) is 0 Å². The van der Waals surface area contributed by atoms with Crippen LogP contribution in [0.2, 0.25) is 0 Å². The van der Waals surface area contributed by atoms with E-state index < -0.39 is 5.60 Å². The van der Waals surface area contributed by atoms with E-state index in [0.29, 0.717) is 29.8 Å². The number of benzene rings is 1. The maximum atomic E-state index is 12.3. The largest absolute Gasteiger partial charge is 0.493 e. The quantitative estimate of drug-likeness (QED) is 0.252. The third kappa shape index (κ3) is 5.94. The second-order valence-corrected chi connectivity index (χ2v) is 11.7. The Hall–Kier alpha value is -3.43. The summed E-state index contributed by atoms with van der Waals surface area (Å²) >= 11 is 0. The van der Waals surface area contributed by atoms with Gasteiger partial charge in [0.25, 0.3) is 0 Å². The van der Waals surface area contributed by atoms with Crippen molar-refractivity contribution in [3.8, 4) is 17.0 Å². The molecule has 208 valence electrons. The summed E-state index contributed by atoms with van der Waals surface area (Å²) in [7, 11) is 1.66. The molecule has 9 heteroatoms. The lowest BCUT2D eigenvalue weighted by molar-refractivity contribution is -0.121. The van der Waals surface area contributed by atoms with Gasteiger partial charge in [0.15, 0.2) is 11.4 Å². The monoisotopic (exact) mass is 532 g/mol. The number of carbonyl (C=O) groups excluding carboxylic acids is 1. The summed E-state index contributed by atoms with van der Waals surface area (Å²) in [5.74, 6) is 1.47. The average molecular weight is 533 g/mol. The summed E-state index contributed by atoms with van der Waals surface area (Å²) in [6.45, 7) is 8.53. The number of methoxy groups -OCH3 is 1. The number of hydrogen-bond donors (Lipinski definition) is 4. The zero-order valence-corrected chi connectivity index (χ0v) is 23.5. The molecule has 39 heavy (non-hydrogen) atoms. The highest BCUT2D eigenvalue weighted by atomic mass is 16.5. The number of amides is 1. The van der Waals surface area contributed by atoms with Crippen molar-refractivity contribution in [3.05, 3.63) is 47.9 Å². The molecule has 0 unspecified atom stereocenters. The molecule has 3 heterocycles. The summed E-state index contributed by atoms with van der Waals surface area (Å²) in [6, 6.07) is 9.04. The number of ether oxygens (including phenoxy) is 1. The van der Waals surface area contributed by atoms with Gasteiger partial charge in [0.05, 0.1) is 24.9 Å². The van der Waals surface area contributed by atoms with E-state index in [1.807, 2.05) is 12.3 Å². The van der Waals surface area contributed by atoms with Crippen LogP contribution in [0.3, 0.4) is 0 Å². The number of aromatic nitrogens is 4. The minimum absolute atomic E-state index is 0.00809. The van der Waals surface area contributed by atoms with Crippen molar-refractivity contribution < 1.29 is 14.6 Å². The molecule has 4 aromatic rings. The van der Waals surface area contributed by atoms with Gasteiger partial charge in [-0.1, -0.05) is 19.9 Å². The Morgan fingerprint density at radius 2 is 2.00 bits per heavy atom. The molecule has 1 saturated carbocycles. The Kier molecular flexibility index (Phi) is 7.64. The van der Waals surface area contributed by atoms with Crippen molar-refractivity contribution in [3.63, 3.8) is 0 Å². The van der Waals surface area contributed by atoms with Crippen molar-refractivity contribution in [1.82, 2.24) is 30.2 Å². The number of H-pyrrole nitrogens is 1. The molecule has 1 amide bonds. The molecule has 5 rings (SSSR count). The predicted molar refractivity (Wildman–Crippen MR) is 153 cm³/mol. The zero-order chi connectivity index (χ0) is 27.7. The van der Waals surface area contributed by atoms with Crippen LogP contribution in [0.1, 0.15) is 76.3 Å². The summed E-state index contributed by atoms with van der Waals surface area (Å²) < 4.78 is 7.37. The minimum atomic E-state index is -0.827. The number of rotatable bonds is 9. The highest BCUT2D eigenvalue weighted by Gasteiger charge is 2.25. The van der Waals surface area contributed by atoms with E-state index in [9.17, 15) is 9.90 Å². The molecule has 1 fully saturated rings. The first-order chi connectivity index (χ1) is 18.6. The first kappa shape index (κ1) is 27.1. The molecule has 0 atom stereocenters. The topological polar surface area (TPSA) is 117 Å².